The molecule has 21 heavy (non-hydrogen) atoms. The van der Waals surface area contributed by atoms with E-state index in [2.05, 4.69) is 19.8 Å². The van der Waals surface area contributed by atoms with Crippen molar-refractivity contribution in [2.75, 3.05) is 36.0 Å². The van der Waals surface area contributed by atoms with Crippen LogP contribution in [0, 0.1) is 0 Å². The van der Waals surface area contributed by atoms with Crippen LogP contribution in [-0.2, 0) is 6.61 Å². The summed E-state index contributed by atoms with van der Waals surface area (Å²) in [5.74, 6) is 0.714. The molecular weight excluding hydrogens is 288 g/mol. The maximum Gasteiger partial charge on any atom is 0.225 e. The normalized spacial score (nSPS) is 15.3. The molecule has 1 saturated heterocycles. The van der Waals surface area contributed by atoms with Gasteiger partial charge in [0.15, 0.2) is 0 Å². The average molecular weight is 305 g/mol. The number of aliphatic hydroxyl groups excluding tert-OH is 1. The topological polar surface area (TPSA) is 52.5 Å². The summed E-state index contributed by atoms with van der Waals surface area (Å²) in [6.45, 7) is 3.44. The molecule has 2 aromatic rings. The van der Waals surface area contributed by atoms with Crippen LogP contribution in [0.1, 0.15) is 5.56 Å². The van der Waals surface area contributed by atoms with Gasteiger partial charge in [-0.3, -0.25) is 0 Å². The zero-order valence-electron chi connectivity index (χ0n) is 11.6. The molecule has 110 valence electrons. The molecule has 3 rings (SSSR count). The summed E-state index contributed by atoms with van der Waals surface area (Å²) < 4.78 is 0. The van der Waals surface area contributed by atoms with Crippen molar-refractivity contribution in [2.45, 2.75) is 6.61 Å². The minimum Gasteiger partial charge on any atom is -0.392 e. The van der Waals surface area contributed by atoms with Crippen molar-refractivity contribution in [1.82, 2.24) is 9.97 Å². The predicted molar refractivity (Wildman–Crippen MR) is 83.8 cm³/mol. The largest absolute Gasteiger partial charge is 0.392 e. The van der Waals surface area contributed by atoms with Gasteiger partial charge < -0.3 is 14.9 Å². The highest BCUT2D eigenvalue weighted by molar-refractivity contribution is 6.33. The van der Waals surface area contributed by atoms with Crippen LogP contribution < -0.4 is 9.80 Å². The maximum absolute atomic E-state index is 9.01. The van der Waals surface area contributed by atoms with Crippen molar-refractivity contribution >= 4 is 23.2 Å². The summed E-state index contributed by atoms with van der Waals surface area (Å²) in [6.07, 6.45) is 3.34. The molecule has 0 atom stereocenters. The van der Waals surface area contributed by atoms with E-state index in [0.717, 1.165) is 42.5 Å². The van der Waals surface area contributed by atoms with E-state index in [1.165, 1.54) is 0 Å². The van der Waals surface area contributed by atoms with Gasteiger partial charge in [-0.05, 0) is 12.1 Å². The Morgan fingerprint density at radius 2 is 1.62 bits per heavy atom. The Labute approximate surface area is 128 Å². The zero-order valence-corrected chi connectivity index (χ0v) is 12.4. The van der Waals surface area contributed by atoms with Crippen molar-refractivity contribution < 1.29 is 5.11 Å². The lowest BCUT2D eigenvalue weighted by molar-refractivity contribution is 0.281. The van der Waals surface area contributed by atoms with E-state index < -0.39 is 0 Å². The number of piperazine rings is 1. The molecule has 1 aromatic carbocycles. The van der Waals surface area contributed by atoms with Gasteiger partial charge in [0.25, 0.3) is 0 Å². The third-order valence-corrected chi connectivity index (χ3v) is 3.95. The quantitative estimate of drug-likeness (QED) is 0.939. The Morgan fingerprint density at radius 1 is 1.00 bits per heavy atom. The lowest BCUT2D eigenvalue weighted by Gasteiger charge is -2.36. The monoisotopic (exact) mass is 304 g/mol. The number of nitrogens with zero attached hydrogens (tertiary/aromatic N) is 4. The molecule has 0 saturated carbocycles. The Kier molecular flexibility index (Phi) is 4.22. The molecule has 2 heterocycles. The minimum atomic E-state index is -0.0272. The number of halogens is 1. The Balaban J connectivity index is 1.66. The van der Waals surface area contributed by atoms with Crippen LogP contribution >= 0.6 is 11.6 Å². The van der Waals surface area contributed by atoms with Crippen molar-refractivity contribution in [3.05, 3.63) is 47.2 Å². The van der Waals surface area contributed by atoms with Crippen LogP contribution in [0.15, 0.2) is 36.7 Å². The number of para-hydroxylation sites is 1. The van der Waals surface area contributed by atoms with Crippen LogP contribution in [0.5, 0.6) is 0 Å². The van der Waals surface area contributed by atoms with Gasteiger partial charge in [0, 0.05) is 44.1 Å². The van der Waals surface area contributed by atoms with Gasteiger partial charge in [0.1, 0.15) is 0 Å². The summed E-state index contributed by atoms with van der Waals surface area (Å²) >= 11 is 6.24. The summed E-state index contributed by atoms with van der Waals surface area (Å²) in [5, 5.41) is 9.80. The fourth-order valence-electron chi connectivity index (χ4n) is 2.45. The summed E-state index contributed by atoms with van der Waals surface area (Å²) in [7, 11) is 0. The molecule has 1 aliphatic rings. The second-order valence-electron chi connectivity index (χ2n) is 4.97. The molecule has 0 amide bonds. The first-order chi connectivity index (χ1) is 10.3. The first kappa shape index (κ1) is 14.1. The van der Waals surface area contributed by atoms with Crippen LogP contribution in [0.25, 0.3) is 0 Å². The number of rotatable bonds is 3. The number of benzene rings is 1. The second kappa shape index (κ2) is 6.28. The van der Waals surface area contributed by atoms with Gasteiger partial charge in [-0.1, -0.05) is 23.7 Å². The smallest absolute Gasteiger partial charge is 0.225 e. The molecule has 0 unspecified atom stereocenters. The molecule has 0 bridgehead atoms. The number of anilines is 2. The predicted octanol–water partition coefficient (Wildman–Crippen LogP) is 1.95. The fourth-order valence-corrected chi connectivity index (χ4v) is 2.70. The molecule has 0 spiro atoms. The maximum atomic E-state index is 9.01. The number of hydrogen-bond acceptors (Lipinski definition) is 5. The number of aromatic nitrogens is 2. The second-order valence-corrected chi connectivity index (χ2v) is 5.38. The molecular formula is C15H17ClN4O. The highest BCUT2D eigenvalue weighted by atomic mass is 35.5. The molecule has 1 aliphatic heterocycles. The summed E-state index contributed by atoms with van der Waals surface area (Å²) in [5.41, 5.74) is 1.81. The minimum absolute atomic E-state index is 0.0272. The molecule has 6 heteroatoms. The fraction of sp³-hybridized carbons (Fsp3) is 0.333. The lowest BCUT2D eigenvalue weighted by Crippen LogP contribution is -2.47. The Bertz CT molecular complexity index is 597. The van der Waals surface area contributed by atoms with E-state index in [9.17, 15) is 0 Å². The van der Waals surface area contributed by atoms with Gasteiger partial charge in [-0.25, -0.2) is 9.97 Å². The molecule has 1 fully saturated rings. The van der Waals surface area contributed by atoms with Crippen molar-refractivity contribution in [3.8, 4) is 0 Å². The number of aliphatic hydroxyl groups is 1. The summed E-state index contributed by atoms with van der Waals surface area (Å²) in [4.78, 5) is 13.0. The van der Waals surface area contributed by atoms with Crippen LogP contribution in [0.3, 0.4) is 0 Å². The first-order valence-corrected chi connectivity index (χ1v) is 7.32. The van der Waals surface area contributed by atoms with Crippen molar-refractivity contribution in [1.29, 1.82) is 0 Å². The van der Waals surface area contributed by atoms with E-state index in [4.69, 9.17) is 16.7 Å². The van der Waals surface area contributed by atoms with Gasteiger partial charge in [0.05, 0.1) is 17.3 Å². The highest BCUT2D eigenvalue weighted by Crippen LogP contribution is 2.26. The lowest BCUT2D eigenvalue weighted by atomic mass is 10.2. The van der Waals surface area contributed by atoms with E-state index in [1.807, 2.05) is 24.3 Å². The Hall–Kier alpha value is -1.85. The first-order valence-electron chi connectivity index (χ1n) is 6.94. The third-order valence-electron chi connectivity index (χ3n) is 3.63. The standard InChI is InChI=1S/C15H17ClN4O/c16-13-3-1-2-4-14(13)19-5-7-20(8-6-19)15-17-9-12(11-21)10-18-15/h1-4,9-10,21H,5-8,11H2. The van der Waals surface area contributed by atoms with Crippen molar-refractivity contribution in [3.63, 3.8) is 0 Å². The van der Waals surface area contributed by atoms with Gasteiger partial charge in [0.2, 0.25) is 5.95 Å². The van der Waals surface area contributed by atoms with Gasteiger partial charge in [-0.15, -0.1) is 0 Å². The number of hydrogen-bond donors (Lipinski definition) is 1. The molecule has 5 nitrogen and oxygen atoms in total. The molecule has 1 aromatic heterocycles. The molecule has 0 aliphatic carbocycles. The molecule has 0 radical (unpaired) electrons. The zero-order chi connectivity index (χ0) is 14.7. The highest BCUT2D eigenvalue weighted by Gasteiger charge is 2.20. The Morgan fingerprint density at radius 3 is 2.24 bits per heavy atom. The van der Waals surface area contributed by atoms with E-state index >= 15 is 0 Å². The summed E-state index contributed by atoms with van der Waals surface area (Å²) in [6, 6.07) is 7.91. The molecule has 1 N–H and O–H groups in total. The SMILES string of the molecule is OCc1cnc(N2CCN(c3ccccc3Cl)CC2)nc1. The van der Waals surface area contributed by atoms with Gasteiger partial charge >= 0.3 is 0 Å². The van der Waals surface area contributed by atoms with Gasteiger partial charge in [-0.2, -0.15) is 0 Å². The van der Waals surface area contributed by atoms with E-state index in [-0.39, 0.29) is 6.61 Å². The van der Waals surface area contributed by atoms with E-state index in [1.54, 1.807) is 12.4 Å². The van der Waals surface area contributed by atoms with Crippen molar-refractivity contribution in [2.24, 2.45) is 0 Å². The van der Waals surface area contributed by atoms with Crippen LogP contribution in [-0.4, -0.2) is 41.3 Å². The van der Waals surface area contributed by atoms with Crippen LogP contribution in [0.2, 0.25) is 5.02 Å². The third kappa shape index (κ3) is 3.09. The van der Waals surface area contributed by atoms with E-state index in [0.29, 0.717) is 5.95 Å². The van der Waals surface area contributed by atoms with Crippen LogP contribution in [0.4, 0.5) is 11.6 Å². The average Bonchev–Trinajstić information content (AvgIpc) is 2.56.